The molecule has 0 aliphatic carbocycles. The number of carbonyl (C=O) groups excluding carboxylic acids is 1. The van der Waals surface area contributed by atoms with Crippen molar-refractivity contribution in [2.24, 2.45) is 5.41 Å². The van der Waals surface area contributed by atoms with Crippen LogP contribution in [0.1, 0.15) is 20.8 Å². The second kappa shape index (κ2) is 8.59. The highest BCUT2D eigenvalue weighted by atomic mass is 16.2. The Labute approximate surface area is 211 Å². The van der Waals surface area contributed by atoms with Crippen molar-refractivity contribution < 1.29 is 4.79 Å². The molecule has 37 heavy (non-hydrogen) atoms. The van der Waals surface area contributed by atoms with Crippen molar-refractivity contribution in [1.82, 2.24) is 40.1 Å². The van der Waals surface area contributed by atoms with Crippen molar-refractivity contribution in [2.45, 2.75) is 20.8 Å². The van der Waals surface area contributed by atoms with Crippen LogP contribution < -0.4 is 5.32 Å². The molecule has 0 aliphatic rings. The largest absolute Gasteiger partial charge is 0.324 e. The van der Waals surface area contributed by atoms with Crippen molar-refractivity contribution in [1.29, 1.82) is 0 Å². The lowest BCUT2D eigenvalue weighted by Gasteiger charge is -2.17. The lowest BCUT2D eigenvalue weighted by molar-refractivity contribution is -0.123. The van der Waals surface area contributed by atoms with Gasteiger partial charge in [-0.25, -0.2) is 15.0 Å². The van der Waals surface area contributed by atoms with Gasteiger partial charge in [-0.15, -0.1) is 0 Å². The molecule has 3 N–H and O–H groups in total. The quantitative estimate of drug-likeness (QED) is 0.317. The van der Waals surface area contributed by atoms with E-state index < -0.39 is 5.41 Å². The molecular formula is C27H23N9O. The molecule has 6 heterocycles. The minimum Gasteiger partial charge on any atom is -0.324 e. The van der Waals surface area contributed by atoms with Gasteiger partial charge in [0.2, 0.25) is 5.91 Å². The van der Waals surface area contributed by atoms with Crippen molar-refractivity contribution in [3.05, 3.63) is 67.5 Å². The molecule has 6 rings (SSSR count). The number of nitrogens with zero attached hydrogens (tertiary/aromatic N) is 6. The summed E-state index contributed by atoms with van der Waals surface area (Å²) in [6.07, 6.45) is 10.4. The molecule has 1 amide bonds. The zero-order valence-electron chi connectivity index (χ0n) is 20.4. The Morgan fingerprint density at radius 2 is 1.73 bits per heavy atom. The summed E-state index contributed by atoms with van der Waals surface area (Å²) in [6.45, 7) is 5.60. The van der Waals surface area contributed by atoms with E-state index in [2.05, 4.69) is 40.4 Å². The summed E-state index contributed by atoms with van der Waals surface area (Å²) >= 11 is 0. The van der Waals surface area contributed by atoms with Gasteiger partial charge in [0.05, 0.1) is 17.3 Å². The summed E-state index contributed by atoms with van der Waals surface area (Å²) in [4.78, 5) is 38.1. The summed E-state index contributed by atoms with van der Waals surface area (Å²) in [7, 11) is 0. The number of imidazole rings is 1. The molecule has 0 aromatic carbocycles. The fraction of sp³-hybridized carbons (Fsp3) is 0.148. The second-order valence-corrected chi connectivity index (χ2v) is 9.74. The van der Waals surface area contributed by atoms with Crippen LogP contribution >= 0.6 is 0 Å². The Morgan fingerprint density at radius 1 is 0.892 bits per heavy atom. The van der Waals surface area contributed by atoms with Gasteiger partial charge < -0.3 is 10.3 Å². The van der Waals surface area contributed by atoms with Gasteiger partial charge >= 0.3 is 0 Å². The highest BCUT2D eigenvalue weighted by molar-refractivity contribution is 5.97. The van der Waals surface area contributed by atoms with Crippen LogP contribution in [-0.4, -0.2) is 46.0 Å². The minimum absolute atomic E-state index is 0.0821. The van der Waals surface area contributed by atoms with Crippen LogP contribution in [0.5, 0.6) is 0 Å². The summed E-state index contributed by atoms with van der Waals surface area (Å²) < 4.78 is 0. The van der Waals surface area contributed by atoms with Crippen molar-refractivity contribution in [3.8, 4) is 33.8 Å². The molecule has 6 aromatic heterocycles. The molecule has 6 aromatic rings. The fourth-order valence-electron chi connectivity index (χ4n) is 4.00. The average molecular weight is 490 g/mol. The number of pyridine rings is 4. The number of carbonyl (C=O) groups is 1. The molecule has 10 heteroatoms. The Morgan fingerprint density at radius 3 is 2.54 bits per heavy atom. The van der Waals surface area contributed by atoms with Gasteiger partial charge in [0, 0.05) is 58.7 Å². The molecule has 10 nitrogen and oxygen atoms in total. The predicted octanol–water partition coefficient (Wildman–Crippen LogP) is 5.00. The molecule has 0 saturated heterocycles. The van der Waals surface area contributed by atoms with Gasteiger partial charge in [-0.05, 0) is 24.3 Å². The third-order valence-corrected chi connectivity index (χ3v) is 6.01. The number of hydrogen-bond acceptors (Lipinski definition) is 7. The first-order chi connectivity index (χ1) is 17.9. The SMILES string of the molecule is CC(C)(C)C(=O)Nc1cncc(-c2cnc3[nH]nc(-c4nc5c(-c6cccnc6)ccnc5[nH]4)c3c2)c1. The Balaban J connectivity index is 1.40. The maximum atomic E-state index is 12.4. The molecule has 182 valence electrons. The second-order valence-electron chi connectivity index (χ2n) is 9.74. The molecule has 0 aliphatic heterocycles. The van der Waals surface area contributed by atoms with Crippen LogP contribution in [0.25, 0.3) is 56.0 Å². The summed E-state index contributed by atoms with van der Waals surface area (Å²) in [6, 6.07) is 9.66. The van der Waals surface area contributed by atoms with E-state index in [0.29, 0.717) is 28.5 Å². The minimum atomic E-state index is -0.513. The van der Waals surface area contributed by atoms with Crippen LogP contribution in [0.4, 0.5) is 5.69 Å². The molecule has 0 radical (unpaired) electrons. The van der Waals surface area contributed by atoms with E-state index >= 15 is 0 Å². The van der Waals surface area contributed by atoms with Gasteiger partial charge in [0.25, 0.3) is 0 Å². The highest BCUT2D eigenvalue weighted by Crippen LogP contribution is 2.32. The van der Waals surface area contributed by atoms with Gasteiger partial charge in [-0.1, -0.05) is 26.8 Å². The molecule has 0 bridgehead atoms. The smallest absolute Gasteiger partial charge is 0.229 e. The maximum Gasteiger partial charge on any atom is 0.229 e. The van der Waals surface area contributed by atoms with E-state index in [1.165, 1.54) is 0 Å². The standard InChI is InChI=1S/C27H23N9O/c1-27(2,3)26(37)32-18-9-16(12-29-14-18)17-10-20-22(35-36-23(20)31-13-17)25-33-21-19(6-8-30-24(21)34-25)15-5-4-7-28-11-15/h4-14H,1-3H3,(H,32,37)(H,30,33,34)(H,31,35,36). The van der Waals surface area contributed by atoms with E-state index in [1.807, 2.05) is 51.1 Å². The Hall–Kier alpha value is -4.99. The number of anilines is 1. The van der Waals surface area contributed by atoms with E-state index in [4.69, 9.17) is 4.98 Å². The predicted molar refractivity (Wildman–Crippen MR) is 141 cm³/mol. The van der Waals surface area contributed by atoms with E-state index in [1.54, 1.807) is 37.2 Å². The summed E-state index contributed by atoms with van der Waals surface area (Å²) in [5.74, 6) is 0.495. The fourth-order valence-corrected chi connectivity index (χ4v) is 4.00. The van der Waals surface area contributed by atoms with E-state index in [-0.39, 0.29) is 5.91 Å². The van der Waals surface area contributed by atoms with Crippen molar-refractivity contribution in [3.63, 3.8) is 0 Å². The van der Waals surface area contributed by atoms with Crippen LogP contribution in [0.15, 0.2) is 67.5 Å². The maximum absolute atomic E-state index is 12.4. The summed E-state index contributed by atoms with van der Waals surface area (Å²) in [5, 5.41) is 11.2. The third kappa shape index (κ3) is 4.18. The van der Waals surface area contributed by atoms with Crippen LogP contribution in [0.3, 0.4) is 0 Å². The molecule has 0 fully saturated rings. The average Bonchev–Trinajstić information content (AvgIpc) is 3.52. The number of fused-ring (bicyclic) bond motifs is 2. The molecule has 0 saturated carbocycles. The molecule has 0 unspecified atom stereocenters. The van der Waals surface area contributed by atoms with Gasteiger partial charge in [0.15, 0.2) is 17.1 Å². The number of nitrogens with one attached hydrogen (secondary N) is 3. The first-order valence-corrected chi connectivity index (χ1v) is 11.7. The first kappa shape index (κ1) is 22.5. The Bertz CT molecular complexity index is 1760. The van der Waals surface area contributed by atoms with Crippen molar-refractivity contribution in [2.75, 3.05) is 5.32 Å². The zero-order chi connectivity index (χ0) is 25.6. The Kier molecular flexibility index (Phi) is 5.22. The topological polar surface area (TPSA) is 138 Å². The number of amides is 1. The first-order valence-electron chi connectivity index (χ1n) is 11.7. The lowest BCUT2D eigenvalue weighted by atomic mass is 9.95. The molecular weight excluding hydrogens is 466 g/mol. The number of rotatable bonds is 4. The van der Waals surface area contributed by atoms with Gasteiger partial charge in [0.1, 0.15) is 11.2 Å². The lowest BCUT2D eigenvalue weighted by Crippen LogP contribution is -2.27. The summed E-state index contributed by atoms with van der Waals surface area (Å²) in [5.41, 5.74) is 6.29. The number of H-pyrrole nitrogens is 2. The highest BCUT2D eigenvalue weighted by Gasteiger charge is 2.21. The van der Waals surface area contributed by atoms with E-state index in [0.717, 1.165) is 33.2 Å². The van der Waals surface area contributed by atoms with E-state index in [9.17, 15) is 4.79 Å². The van der Waals surface area contributed by atoms with Crippen molar-refractivity contribution >= 4 is 33.8 Å². The third-order valence-electron chi connectivity index (χ3n) is 6.01. The molecule has 0 spiro atoms. The molecule has 0 atom stereocenters. The van der Waals surface area contributed by atoms with Crippen LogP contribution in [-0.2, 0) is 4.79 Å². The monoisotopic (exact) mass is 489 g/mol. The van der Waals surface area contributed by atoms with Gasteiger partial charge in [-0.2, -0.15) is 5.10 Å². The van der Waals surface area contributed by atoms with Crippen LogP contribution in [0, 0.1) is 5.41 Å². The normalized spacial score (nSPS) is 11.8. The number of hydrogen-bond donors (Lipinski definition) is 3. The van der Waals surface area contributed by atoms with Crippen LogP contribution in [0.2, 0.25) is 0 Å². The number of aromatic nitrogens is 8. The number of aromatic amines is 2. The zero-order valence-corrected chi connectivity index (χ0v) is 20.4. The van der Waals surface area contributed by atoms with Gasteiger partial charge in [-0.3, -0.25) is 19.9 Å².